The average Bonchev–Trinajstić information content (AvgIpc) is 2.98. The Kier molecular flexibility index (Phi) is 7.36. The fraction of sp³-hybridized carbons (Fsp3) is 0.267. The molecule has 9 heteroatoms. The SMILES string of the molecule is C=CCNc1nnc(SCC(=O)N[C@@H](C)c2ccc(Cl)cc2Cl)s1. The van der Waals surface area contributed by atoms with Crippen molar-refractivity contribution >= 4 is 57.3 Å². The molecule has 0 bridgehead atoms. The molecule has 1 heterocycles. The first-order valence-corrected chi connectivity index (χ1v) is 9.60. The molecule has 1 aromatic heterocycles. The van der Waals surface area contributed by atoms with Gasteiger partial charge in [0.15, 0.2) is 4.34 Å². The number of nitrogens with one attached hydrogen (secondary N) is 2. The quantitative estimate of drug-likeness (QED) is 0.505. The van der Waals surface area contributed by atoms with Gasteiger partial charge in [-0.05, 0) is 24.6 Å². The van der Waals surface area contributed by atoms with E-state index in [2.05, 4.69) is 27.4 Å². The van der Waals surface area contributed by atoms with Gasteiger partial charge in [0, 0.05) is 16.6 Å². The van der Waals surface area contributed by atoms with Crippen LogP contribution in [0.5, 0.6) is 0 Å². The maximum atomic E-state index is 12.1. The van der Waals surface area contributed by atoms with Crippen LogP contribution in [0.25, 0.3) is 0 Å². The lowest BCUT2D eigenvalue weighted by Gasteiger charge is -2.15. The van der Waals surface area contributed by atoms with Gasteiger partial charge in [-0.3, -0.25) is 4.79 Å². The molecule has 0 aliphatic rings. The van der Waals surface area contributed by atoms with Gasteiger partial charge in [-0.15, -0.1) is 16.8 Å². The standard InChI is InChI=1S/C15H16Cl2N4OS2/c1-3-6-18-14-20-21-15(24-14)23-8-13(22)19-9(2)11-5-4-10(16)7-12(11)17/h3-5,7,9H,1,6,8H2,2H3,(H,18,20)(H,19,22)/t9-/m0/s1. The zero-order chi connectivity index (χ0) is 17.5. The van der Waals surface area contributed by atoms with Crippen molar-refractivity contribution < 1.29 is 4.79 Å². The molecule has 128 valence electrons. The van der Waals surface area contributed by atoms with E-state index in [1.807, 2.05) is 13.0 Å². The number of thioether (sulfide) groups is 1. The number of rotatable bonds is 8. The lowest BCUT2D eigenvalue weighted by atomic mass is 10.1. The highest BCUT2D eigenvalue weighted by molar-refractivity contribution is 8.01. The molecule has 0 aliphatic heterocycles. The Balaban J connectivity index is 1.84. The predicted octanol–water partition coefficient (Wildman–Crippen LogP) is 4.41. The first kappa shape index (κ1) is 19.1. The van der Waals surface area contributed by atoms with Crippen LogP contribution >= 0.6 is 46.3 Å². The molecule has 5 nitrogen and oxygen atoms in total. The number of carbonyl (C=O) groups is 1. The Morgan fingerprint density at radius 3 is 2.96 bits per heavy atom. The smallest absolute Gasteiger partial charge is 0.230 e. The Morgan fingerprint density at radius 1 is 1.46 bits per heavy atom. The molecule has 0 aliphatic carbocycles. The second-order valence-electron chi connectivity index (χ2n) is 4.79. The third-order valence-corrected chi connectivity index (χ3v) is 5.51. The summed E-state index contributed by atoms with van der Waals surface area (Å²) in [4.78, 5) is 12.1. The van der Waals surface area contributed by atoms with Gasteiger partial charge in [0.05, 0.1) is 11.8 Å². The second kappa shape index (κ2) is 9.27. The highest BCUT2D eigenvalue weighted by Crippen LogP contribution is 2.27. The Morgan fingerprint density at radius 2 is 2.25 bits per heavy atom. The monoisotopic (exact) mass is 402 g/mol. The van der Waals surface area contributed by atoms with E-state index in [0.717, 1.165) is 9.90 Å². The summed E-state index contributed by atoms with van der Waals surface area (Å²) >= 11 is 14.8. The van der Waals surface area contributed by atoms with E-state index in [1.54, 1.807) is 18.2 Å². The van der Waals surface area contributed by atoms with Crippen LogP contribution in [0, 0.1) is 0 Å². The summed E-state index contributed by atoms with van der Waals surface area (Å²) in [6.45, 7) is 6.12. The first-order valence-electron chi connectivity index (χ1n) is 7.05. The van der Waals surface area contributed by atoms with E-state index in [4.69, 9.17) is 23.2 Å². The van der Waals surface area contributed by atoms with Crippen molar-refractivity contribution in [1.29, 1.82) is 0 Å². The number of aromatic nitrogens is 2. The summed E-state index contributed by atoms with van der Waals surface area (Å²) in [5.74, 6) is 0.153. The van der Waals surface area contributed by atoms with E-state index >= 15 is 0 Å². The Labute approximate surface area is 158 Å². The molecule has 0 fully saturated rings. The van der Waals surface area contributed by atoms with E-state index < -0.39 is 0 Å². The summed E-state index contributed by atoms with van der Waals surface area (Å²) < 4.78 is 0.730. The van der Waals surface area contributed by atoms with Gasteiger partial charge in [-0.1, -0.05) is 58.4 Å². The molecule has 0 radical (unpaired) electrons. The van der Waals surface area contributed by atoms with Crippen molar-refractivity contribution in [2.75, 3.05) is 17.6 Å². The van der Waals surface area contributed by atoms with Gasteiger partial charge in [0.1, 0.15) is 0 Å². The minimum atomic E-state index is -0.206. The summed E-state index contributed by atoms with van der Waals surface area (Å²) in [5, 5.41) is 15.8. The zero-order valence-corrected chi connectivity index (χ0v) is 16.0. The van der Waals surface area contributed by atoms with E-state index in [1.165, 1.54) is 23.1 Å². The number of anilines is 1. The summed E-state index contributed by atoms with van der Waals surface area (Å²) in [5.41, 5.74) is 0.825. The normalized spacial score (nSPS) is 11.8. The third-order valence-electron chi connectivity index (χ3n) is 2.94. The van der Waals surface area contributed by atoms with Crippen molar-refractivity contribution in [2.24, 2.45) is 0 Å². The van der Waals surface area contributed by atoms with Crippen LogP contribution in [0.15, 0.2) is 35.2 Å². The van der Waals surface area contributed by atoms with Crippen LogP contribution in [0.1, 0.15) is 18.5 Å². The molecule has 1 atom stereocenters. The summed E-state index contributed by atoms with van der Waals surface area (Å²) in [6, 6.07) is 5.01. The van der Waals surface area contributed by atoms with Crippen molar-refractivity contribution in [3.8, 4) is 0 Å². The molecule has 1 amide bonds. The maximum absolute atomic E-state index is 12.1. The molecular formula is C15H16Cl2N4OS2. The minimum Gasteiger partial charge on any atom is -0.357 e. The summed E-state index contributed by atoms with van der Waals surface area (Å²) in [7, 11) is 0. The van der Waals surface area contributed by atoms with Gasteiger partial charge in [0.25, 0.3) is 0 Å². The molecule has 2 aromatic rings. The van der Waals surface area contributed by atoms with E-state index in [-0.39, 0.29) is 17.7 Å². The highest BCUT2D eigenvalue weighted by atomic mass is 35.5. The molecule has 2 rings (SSSR count). The van der Waals surface area contributed by atoms with Gasteiger partial charge in [-0.25, -0.2) is 0 Å². The molecule has 0 spiro atoms. The highest BCUT2D eigenvalue weighted by Gasteiger charge is 2.14. The summed E-state index contributed by atoms with van der Waals surface area (Å²) in [6.07, 6.45) is 1.74. The largest absolute Gasteiger partial charge is 0.357 e. The molecular weight excluding hydrogens is 387 g/mol. The average molecular weight is 403 g/mol. The number of hydrogen-bond acceptors (Lipinski definition) is 6. The van der Waals surface area contributed by atoms with Crippen molar-refractivity contribution in [3.05, 3.63) is 46.5 Å². The van der Waals surface area contributed by atoms with Crippen LogP contribution in [0.2, 0.25) is 10.0 Å². The van der Waals surface area contributed by atoms with Crippen molar-refractivity contribution in [3.63, 3.8) is 0 Å². The number of amides is 1. The fourth-order valence-electron chi connectivity index (χ4n) is 1.84. The number of nitrogens with zero attached hydrogens (tertiary/aromatic N) is 2. The zero-order valence-electron chi connectivity index (χ0n) is 12.9. The number of benzene rings is 1. The number of hydrogen-bond donors (Lipinski definition) is 2. The van der Waals surface area contributed by atoms with Gasteiger partial charge in [-0.2, -0.15) is 0 Å². The van der Waals surface area contributed by atoms with E-state index in [0.29, 0.717) is 21.7 Å². The lowest BCUT2D eigenvalue weighted by molar-refractivity contribution is -0.119. The predicted molar refractivity (Wildman–Crippen MR) is 102 cm³/mol. The molecule has 2 N–H and O–H groups in total. The van der Waals surface area contributed by atoms with Crippen LogP contribution < -0.4 is 10.6 Å². The Hall–Kier alpha value is -1.28. The maximum Gasteiger partial charge on any atom is 0.230 e. The van der Waals surface area contributed by atoms with E-state index in [9.17, 15) is 4.79 Å². The molecule has 0 saturated carbocycles. The third kappa shape index (κ3) is 5.66. The number of carbonyl (C=O) groups excluding carboxylic acids is 1. The van der Waals surface area contributed by atoms with Crippen LogP contribution in [0.4, 0.5) is 5.13 Å². The fourth-order valence-corrected chi connectivity index (χ4v) is 3.98. The lowest BCUT2D eigenvalue weighted by Crippen LogP contribution is -2.28. The van der Waals surface area contributed by atoms with Crippen LogP contribution in [-0.4, -0.2) is 28.4 Å². The van der Waals surface area contributed by atoms with Crippen molar-refractivity contribution in [2.45, 2.75) is 17.3 Å². The number of halogens is 2. The Bertz CT molecular complexity index is 723. The van der Waals surface area contributed by atoms with Gasteiger partial charge < -0.3 is 10.6 Å². The van der Waals surface area contributed by atoms with Crippen molar-refractivity contribution in [1.82, 2.24) is 15.5 Å². The van der Waals surface area contributed by atoms with Crippen LogP contribution in [0.3, 0.4) is 0 Å². The molecule has 24 heavy (non-hydrogen) atoms. The second-order valence-corrected chi connectivity index (χ2v) is 7.83. The molecule has 0 unspecified atom stereocenters. The molecule has 1 aromatic carbocycles. The minimum absolute atomic E-state index is 0.102. The molecule has 0 saturated heterocycles. The van der Waals surface area contributed by atoms with Gasteiger partial charge >= 0.3 is 0 Å². The first-order chi connectivity index (χ1) is 11.5. The topological polar surface area (TPSA) is 66.9 Å². The van der Waals surface area contributed by atoms with Gasteiger partial charge in [0.2, 0.25) is 11.0 Å². The van der Waals surface area contributed by atoms with Crippen LogP contribution in [-0.2, 0) is 4.79 Å².